The number of ether oxygens (including phenoxy) is 1. The van der Waals surface area contributed by atoms with Crippen molar-refractivity contribution in [1.29, 1.82) is 0 Å². The minimum absolute atomic E-state index is 0.241. The monoisotopic (exact) mass is 242 g/mol. The molecule has 100 valence electrons. The Morgan fingerprint density at radius 3 is 2.71 bits per heavy atom. The van der Waals surface area contributed by atoms with E-state index in [-0.39, 0.29) is 11.9 Å². The average molecular weight is 242 g/mol. The van der Waals surface area contributed by atoms with Crippen LogP contribution in [0.25, 0.3) is 0 Å². The molecule has 1 heterocycles. The van der Waals surface area contributed by atoms with E-state index in [9.17, 15) is 4.79 Å². The SMILES string of the molecule is CCNC(C)CC(=O)N(C)CC1CCOCC1. The lowest BCUT2D eigenvalue weighted by atomic mass is 9.99. The first kappa shape index (κ1) is 14.5. The molecule has 4 nitrogen and oxygen atoms in total. The highest BCUT2D eigenvalue weighted by atomic mass is 16.5. The number of nitrogens with one attached hydrogen (secondary N) is 1. The number of carbonyl (C=O) groups is 1. The first-order chi connectivity index (χ1) is 8.13. The molecule has 1 saturated heterocycles. The zero-order valence-corrected chi connectivity index (χ0v) is 11.4. The van der Waals surface area contributed by atoms with E-state index in [0.717, 1.165) is 39.1 Å². The number of amides is 1. The zero-order chi connectivity index (χ0) is 12.7. The first-order valence-electron chi connectivity index (χ1n) is 6.68. The van der Waals surface area contributed by atoms with Crippen molar-refractivity contribution in [2.45, 2.75) is 39.2 Å². The van der Waals surface area contributed by atoms with Crippen LogP contribution < -0.4 is 5.32 Å². The molecule has 1 aliphatic rings. The number of nitrogens with zero attached hydrogens (tertiary/aromatic N) is 1. The van der Waals surface area contributed by atoms with Gasteiger partial charge in [0, 0.05) is 39.3 Å². The van der Waals surface area contributed by atoms with E-state index in [0.29, 0.717) is 12.3 Å². The molecule has 1 amide bonds. The van der Waals surface area contributed by atoms with Gasteiger partial charge in [0.05, 0.1) is 0 Å². The Balaban J connectivity index is 2.25. The van der Waals surface area contributed by atoms with Crippen molar-refractivity contribution in [3.05, 3.63) is 0 Å². The van der Waals surface area contributed by atoms with E-state index in [1.807, 2.05) is 11.9 Å². The lowest BCUT2D eigenvalue weighted by Crippen LogP contribution is -2.38. The Kier molecular flexibility index (Phi) is 6.52. The zero-order valence-electron chi connectivity index (χ0n) is 11.4. The normalized spacial score (nSPS) is 19.0. The van der Waals surface area contributed by atoms with Gasteiger partial charge in [0.15, 0.2) is 0 Å². The number of hydrogen-bond acceptors (Lipinski definition) is 3. The van der Waals surface area contributed by atoms with Gasteiger partial charge >= 0.3 is 0 Å². The van der Waals surface area contributed by atoms with E-state index in [2.05, 4.69) is 19.2 Å². The van der Waals surface area contributed by atoms with Crippen molar-refractivity contribution in [3.8, 4) is 0 Å². The van der Waals surface area contributed by atoms with E-state index in [4.69, 9.17) is 4.74 Å². The maximum absolute atomic E-state index is 12.0. The van der Waals surface area contributed by atoms with Crippen molar-refractivity contribution in [2.24, 2.45) is 5.92 Å². The highest BCUT2D eigenvalue weighted by Gasteiger charge is 2.19. The topological polar surface area (TPSA) is 41.6 Å². The third-order valence-electron chi connectivity index (χ3n) is 3.33. The molecular formula is C13H26N2O2. The predicted molar refractivity (Wildman–Crippen MR) is 68.9 cm³/mol. The van der Waals surface area contributed by atoms with Crippen LogP contribution in [0.15, 0.2) is 0 Å². The minimum Gasteiger partial charge on any atom is -0.381 e. The van der Waals surface area contributed by atoms with Crippen LogP contribution in [-0.2, 0) is 9.53 Å². The molecule has 1 fully saturated rings. The summed E-state index contributed by atoms with van der Waals surface area (Å²) in [5.41, 5.74) is 0. The molecule has 0 aromatic heterocycles. The molecule has 4 heteroatoms. The Morgan fingerprint density at radius 2 is 2.12 bits per heavy atom. The second-order valence-corrected chi connectivity index (χ2v) is 4.99. The summed E-state index contributed by atoms with van der Waals surface area (Å²) in [6, 6.07) is 0.268. The Hall–Kier alpha value is -0.610. The number of rotatable bonds is 6. The molecule has 1 unspecified atom stereocenters. The number of carbonyl (C=O) groups excluding carboxylic acids is 1. The van der Waals surface area contributed by atoms with Crippen molar-refractivity contribution < 1.29 is 9.53 Å². The molecule has 0 aromatic rings. The number of hydrogen-bond donors (Lipinski definition) is 1. The molecule has 1 N–H and O–H groups in total. The molecule has 0 saturated carbocycles. The summed E-state index contributed by atoms with van der Waals surface area (Å²) < 4.78 is 5.32. The van der Waals surface area contributed by atoms with Gasteiger partial charge in [-0.1, -0.05) is 6.92 Å². The van der Waals surface area contributed by atoms with Gasteiger partial charge in [-0.2, -0.15) is 0 Å². The molecule has 0 aliphatic carbocycles. The highest BCUT2D eigenvalue weighted by molar-refractivity contribution is 5.76. The van der Waals surface area contributed by atoms with Crippen molar-refractivity contribution in [3.63, 3.8) is 0 Å². The molecule has 17 heavy (non-hydrogen) atoms. The fourth-order valence-corrected chi connectivity index (χ4v) is 2.26. The van der Waals surface area contributed by atoms with Crippen LogP contribution in [0.2, 0.25) is 0 Å². The van der Waals surface area contributed by atoms with Gasteiger partial charge in [0.2, 0.25) is 5.91 Å². The minimum atomic E-state index is 0.241. The van der Waals surface area contributed by atoms with Gasteiger partial charge in [0.1, 0.15) is 0 Å². The largest absolute Gasteiger partial charge is 0.381 e. The summed E-state index contributed by atoms with van der Waals surface area (Å²) in [4.78, 5) is 13.8. The second-order valence-electron chi connectivity index (χ2n) is 4.99. The van der Waals surface area contributed by atoms with E-state index < -0.39 is 0 Å². The second kappa shape index (κ2) is 7.67. The summed E-state index contributed by atoms with van der Waals surface area (Å²) in [5, 5.41) is 3.27. The van der Waals surface area contributed by atoms with Crippen molar-refractivity contribution >= 4 is 5.91 Å². The van der Waals surface area contributed by atoms with Gasteiger partial charge in [-0.3, -0.25) is 4.79 Å². The third kappa shape index (κ3) is 5.50. The van der Waals surface area contributed by atoms with Crippen LogP contribution in [-0.4, -0.2) is 50.2 Å². The molecule has 0 spiro atoms. The molecule has 0 radical (unpaired) electrons. The van der Waals surface area contributed by atoms with Crippen LogP contribution in [0.3, 0.4) is 0 Å². The maximum Gasteiger partial charge on any atom is 0.223 e. The van der Waals surface area contributed by atoms with Crippen LogP contribution in [0.5, 0.6) is 0 Å². The third-order valence-corrected chi connectivity index (χ3v) is 3.33. The summed E-state index contributed by atoms with van der Waals surface area (Å²) in [7, 11) is 1.91. The molecule has 0 aromatic carbocycles. The van der Waals surface area contributed by atoms with Gasteiger partial charge < -0.3 is 15.0 Å². The standard InChI is InChI=1S/C13H26N2O2/c1-4-14-11(2)9-13(16)15(3)10-12-5-7-17-8-6-12/h11-12,14H,4-10H2,1-3H3. The van der Waals surface area contributed by atoms with Crippen molar-refractivity contribution in [2.75, 3.05) is 33.4 Å². The Bertz CT molecular complexity index is 227. The van der Waals surface area contributed by atoms with Crippen LogP contribution in [0.4, 0.5) is 0 Å². The molecular weight excluding hydrogens is 216 g/mol. The fraction of sp³-hybridized carbons (Fsp3) is 0.923. The van der Waals surface area contributed by atoms with E-state index in [1.54, 1.807) is 0 Å². The van der Waals surface area contributed by atoms with Gasteiger partial charge in [-0.05, 0) is 32.2 Å². The fourth-order valence-electron chi connectivity index (χ4n) is 2.26. The first-order valence-corrected chi connectivity index (χ1v) is 6.68. The quantitative estimate of drug-likeness (QED) is 0.762. The average Bonchev–Trinajstić information content (AvgIpc) is 2.30. The molecule has 1 aliphatic heterocycles. The Labute approximate surface area is 105 Å². The summed E-state index contributed by atoms with van der Waals surface area (Å²) in [6.07, 6.45) is 2.76. The van der Waals surface area contributed by atoms with Gasteiger partial charge in [-0.25, -0.2) is 0 Å². The molecule has 0 bridgehead atoms. The van der Waals surface area contributed by atoms with Crippen LogP contribution >= 0.6 is 0 Å². The maximum atomic E-state index is 12.0. The van der Waals surface area contributed by atoms with Crippen LogP contribution in [0, 0.1) is 5.92 Å². The highest BCUT2D eigenvalue weighted by Crippen LogP contribution is 2.15. The van der Waals surface area contributed by atoms with Crippen molar-refractivity contribution in [1.82, 2.24) is 10.2 Å². The Morgan fingerprint density at radius 1 is 1.47 bits per heavy atom. The summed E-state index contributed by atoms with van der Waals surface area (Å²) >= 11 is 0. The molecule has 1 rings (SSSR count). The van der Waals surface area contributed by atoms with Gasteiger partial charge in [-0.15, -0.1) is 0 Å². The van der Waals surface area contributed by atoms with Crippen LogP contribution in [0.1, 0.15) is 33.1 Å². The van der Waals surface area contributed by atoms with E-state index >= 15 is 0 Å². The molecule has 1 atom stereocenters. The summed E-state index contributed by atoms with van der Waals surface area (Å²) in [6.45, 7) is 7.61. The smallest absolute Gasteiger partial charge is 0.223 e. The van der Waals surface area contributed by atoms with Gasteiger partial charge in [0.25, 0.3) is 0 Å². The predicted octanol–water partition coefficient (Wildman–Crippen LogP) is 1.26. The summed E-state index contributed by atoms with van der Waals surface area (Å²) in [5.74, 6) is 0.858. The lowest BCUT2D eigenvalue weighted by molar-refractivity contribution is -0.131. The van der Waals surface area contributed by atoms with E-state index in [1.165, 1.54) is 0 Å². The lowest BCUT2D eigenvalue weighted by Gasteiger charge is -2.28.